The van der Waals surface area contributed by atoms with Crippen molar-refractivity contribution in [1.82, 2.24) is 9.80 Å². The normalized spacial score (nSPS) is 19.7. The third-order valence-corrected chi connectivity index (χ3v) is 3.56. The Hall–Kier alpha value is -2.09. The highest BCUT2D eigenvalue weighted by atomic mass is 19.1. The standard InChI is InChI=1S/C14H16FN3O/c1-14(2,9-16)18-8-12(17(3)13(18)19)10-4-6-11(15)7-5-10/h4-7,12H,8H2,1-3H3. The number of nitriles is 1. The number of carbonyl (C=O) groups excluding carboxylic acids is 1. The van der Waals surface area contributed by atoms with Crippen LogP contribution in [0.15, 0.2) is 24.3 Å². The van der Waals surface area contributed by atoms with Crippen LogP contribution in [-0.2, 0) is 0 Å². The van der Waals surface area contributed by atoms with E-state index in [9.17, 15) is 9.18 Å². The van der Waals surface area contributed by atoms with E-state index in [0.717, 1.165) is 5.56 Å². The summed E-state index contributed by atoms with van der Waals surface area (Å²) in [6, 6.07) is 7.91. The Labute approximate surface area is 112 Å². The molecule has 4 nitrogen and oxygen atoms in total. The van der Waals surface area contributed by atoms with E-state index in [4.69, 9.17) is 5.26 Å². The number of carbonyl (C=O) groups is 1. The molecule has 0 aliphatic carbocycles. The summed E-state index contributed by atoms with van der Waals surface area (Å²) >= 11 is 0. The minimum atomic E-state index is -0.847. The third-order valence-electron chi connectivity index (χ3n) is 3.56. The number of hydrogen-bond acceptors (Lipinski definition) is 2. The second-order valence-corrected chi connectivity index (χ2v) is 5.24. The number of benzene rings is 1. The number of halogens is 1. The van der Waals surface area contributed by atoms with Gasteiger partial charge in [0.05, 0.1) is 12.1 Å². The maximum absolute atomic E-state index is 12.9. The number of nitrogens with zero attached hydrogens (tertiary/aromatic N) is 3. The number of rotatable bonds is 2. The molecule has 0 spiro atoms. The van der Waals surface area contributed by atoms with Crippen molar-refractivity contribution in [3.05, 3.63) is 35.6 Å². The molecule has 19 heavy (non-hydrogen) atoms. The Kier molecular flexibility index (Phi) is 3.19. The average Bonchev–Trinajstić information content (AvgIpc) is 2.68. The predicted molar refractivity (Wildman–Crippen MR) is 68.7 cm³/mol. The minimum Gasteiger partial charge on any atom is -0.319 e. The van der Waals surface area contributed by atoms with E-state index in [1.165, 1.54) is 12.1 Å². The van der Waals surface area contributed by atoms with Crippen LogP contribution in [0.3, 0.4) is 0 Å². The molecule has 1 aromatic rings. The Morgan fingerprint density at radius 3 is 2.47 bits per heavy atom. The van der Waals surface area contributed by atoms with Crippen LogP contribution in [0.1, 0.15) is 25.5 Å². The van der Waals surface area contributed by atoms with E-state index in [0.29, 0.717) is 6.54 Å². The second kappa shape index (κ2) is 4.54. The monoisotopic (exact) mass is 261 g/mol. The van der Waals surface area contributed by atoms with E-state index in [1.807, 2.05) is 0 Å². The van der Waals surface area contributed by atoms with Crippen molar-refractivity contribution in [3.8, 4) is 6.07 Å². The van der Waals surface area contributed by atoms with Crippen LogP contribution in [0.5, 0.6) is 0 Å². The summed E-state index contributed by atoms with van der Waals surface area (Å²) in [4.78, 5) is 15.3. The van der Waals surface area contributed by atoms with Gasteiger partial charge in [-0.1, -0.05) is 12.1 Å². The fraction of sp³-hybridized carbons (Fsp3) is 0.429. The smallest absolute Gasteiger partial charge is 0.319 e. The third kappa shape index (κ3) is 2.26. The first-order valence-corrected chi connectivity index (χ1v) is 6.08. The lowest BCUT2D eigenvalue weighted by Crippen LogP contribution is -2.44. The molecule has 2 amide bonds. The summed E-state index contributed by atoms with van der Waals surface area (Å²) < 4.78 is 12.9. The molecule has 1 saturated heterocycles. The Bertz CT molecular complexity index is 533. The van der Waals surface area contributed by atoms with E-state index in [2.05, 4.69) is 6.07 Å². The number of urea groups is 1. The molecule has 0 N–H and O–H groups in total. The fourth-order valence-corrected chi connectivity index (χ4v) is 2.24. The van der Waals surface area contributed by atoms with Crippen LogP contribution in [0.25, 0.3) is 0 Å². The lowest BCUT2D eigenvalue weighted by Gasteiger charge is -2.27. The van der Waals surface area contributed by atoms with Crippen molar-refractivity contribution in [2.24, 2.45) is 0 Å². The highest BCUT2D eigenvalue weighted by molar-refractivity contribution is 5.78. The molecule has 0 radical (unpaired) electrons. The molecule has 1 fully saturated rings. The lowest BCUT2D eigenvalue weighted by molar-refractivity contribution is 0.172. The van der Waals surface area contributed by atoms with Crippen LogP contribution in [0.4, 0.5) is 9.18 Å². The molecule has 2 rings (SSSR count). The van der Waals surface area contributed by atoms with Crippen molar-refractivity contribution in [2.45, 2.75) is 25.4 Å². The minimum absolute atomic E-state index is 0.152. The maximum atomic E-state index is 12.9. The highest BCUT2D eigenvalue weighted by Gasteiger charge is 2.42. The van der Waals surface area contributed by atoms with E-state index in [1.54, 1.807) is 42.8 Å². The SMILES string of the molecule is CN1C(=O)N(C(C)(C)C#N)CC1c1ccc(F)cc1. The largest absolute Gasteiger partial charge is 0.321 e. The van der Waals surface area contributed by atoms with E-state index in [-0.39, 0.29) is 17.9 Å². The first-order valence-electron chi connectivity index (χ1n) is 6.08. The van der Waals surface area contributed by atoms with E-state index < -0.39 is 5.54 Å². The highest BCUT2D eigenvalue weighted by Crippen LogP contribution is 2.32. The molecule has 0 aromatic heterocycles. The van der Waals surface area contributed by atoms with Crippen molar-refractivity contribution < 1.29 is 9.18 Å². The molecular weight excluding hydrogens is 245 g/mol. The maximum Gasteiger partial charge on any atom is 0.321 e. The molecule has 1 heterocycles. The van der Waals surface area contributed by atoms with E-state index >= 15 is 0 Å². The van der Waals surface area contributed by atoms with Crippen molar-refractivity contribution >= 4 is 6.03 Å². The summed E-state index contributed by atoms with van der Waals surface area (Å²) in [5.41, 5.74) is 0.0219. The summed E-state index contributed by atoms with van der Waals surface area (Å²) in [6.07, 6.45) is 0. The summed E-state index contributed by atoms with van der Waals surface area (Å²) in [6.45, 7) is 3.86. The molecule has 100 valence electrons. The van der Waals surface area contributed by atoms with Crippen LogP contribution < -0.4 is 0 Å². The quantitative estimate of drug-likeness (QED) is 0.821. The number of hydrogen-bond donors (Lipinski definition) is 0. The molecule has 1 unspecified atom stereocenters. The van der Waals surface area contributed by atoms with Crippen LogP contribution in [-0.4, -0.2) is 35.0 Å². The van der Waals surface area contributed by atoms with Crippen molar-refractivity contribution in [3.63, 3.8) is 0 Å². The topological polar surface area (TPSA) is 47.3 Å². The van der Waals surface area contributed by atoms with Gasteiger partial charge in [-0.2, -0.15) is 5.26 Å². The lowest BCUT2D eigenvalue weighted by atomic mass is 10.0. The summed E-state index contributed by atoms with van der Waals surface area (Å²) in [5, 5.41) is 9.14. The van der Waals surface area contributed by atoms with Crippen LogP contribution >= 0.6 is 0 Å². The van der Waals surface area contributed by atoms with Gasteiger partial charge in [0, 0.05) is 13.6 Å². The Balaban J connectivity index is 2.29. The van der Waals surface area contributed by atoms with Crippen molar-refractivity contribution in [2.75, 3.05) is 13.6 Å². The number of likely N-dealkylation sites (N-methyl/N-ethyl adjacent to an activating group) is 1. The predicted octanol–water partition coefficient (Wildman–Crippen LogP) is 2.54. The first-order chi connectivity index (χ1) is 8.86. The molecular formula is C14H16FN3O. The van der Waals surface area contributed by atoms with Gasteiger partial charge >= 0.3 is 6.03 Å². The Morgan fingerprint density at radius 2 is 1.95 bits per heavy atom. The van der Waals surface area contributed by atoms with Gasteiger partial charge in [-0.15, -0.1) is 0 Å². The van der Waals surface area contributed by atoms with Crippen LogP contribution in [0, 0.1) is 17.1 Å². The molecule has 5 heteroatoms. The van der Waals surface area contributed by atoms with Gasteiger partial charge in [-0.3, -0.25) is 0 Å². The second-order valence-electron chi connectivity index (χ2n) is 5.24. The summed E-state index contributed by atoms with van der Waals surface area (Å²) in [7, 11) is 1.70. The van der Waals surface area contributed by atoms with Crippen molar-refractivity contribution in [1.29, 1.82) is 5.26 Å². The zero-order valence-electron chi connectivity index (χ0n) is 11.2. The van der Waals surface area contributed by atoms with Gasteiger partial charge in [0.2, 0.25) is 0 Å². The Morgan fingerprint density at radius 1 is 1.37 bits per heavy atom. The van der Waals surface area contributed by atoms with Gasteiger partial charge < -0.3 is 9.80 Å². The molecule has 1 aromatic carbocycles. The molecule has 1 aliphatic rings. The molecule has 0 bridgehead atoms. The van der Waals surface area contributed by atoms with Gasteiger partial charge in [0.25, 0.3) is 0 Å². The van der Waals surface area contributed by atoms with Gasteiger partial charge in [0.1, 0.15) is 11.4 Å². The summed E-state index contributed by atoms with van der Waals surface area (Å²) in [5.74, 6) is -0.301. The number of amides is 2. The molecule has 0 saturated carbocycles. The zero-order valence-corrected chi connectivity index (χ0v) is 11.2. The fourth-order valence-electron chi connectivity index (χ4n) is 2.24. The molecule has 1 aliphatic heterocycles. The van der Waals surface area contributed by atoms with Gasteiger partial charge in [0.15, 0.2) is 0 Å². The average molecular weight is 261 g/mol. The van der Waals surface area contributed by atoms with Crippen LogP contribution in [0.2, 0.25) is 0 Å². The van der Waals surface area contributed by atoms with Gasteiger partial charge in [-0.25, -0.2) is 9.18 Å². The zero-order chi connectivity index (χ0) is 14.2. The first kappa shape index (κ1) is 13.3. The van der Waals surface area contributed by atoms with Gasteiger partial charge in [-0.05, 0) is 31.5 Å². The molecule has 1 atom stereocenters.